The predicted molar refractivity (Wildman–Crippen MR) is 56.3 cm³/mol. The highest BCUT2D eigenvalue weighted by atomic mass is 16.5. The number of aromatic nitrogens is 2. The Morgan fingerprint density at radius 2 is 2.29 bits per heavy atom. The van der Waals surface area contributed by atoms with Gasteiger partial charge in [-0.05, 0) is 19.9 Å². The molecular formula is C10H13N3O. The average Bonchev–Trinajstić information content (AvgIpc) is 2.57. The molecule has 2 aromatic heterocycles. The van der Waals surface area contributed by atoms with Crippen LogP contribution >= 0.6 is 0 Å². The number of hydrogen-bond acceptors (Lipinski definition) is 3. The molecule has 4 heteroatoms. The van der Waals surface area contributed by atoms with Crippen LogP contribution in [0, 0.1) is 0 Å². The van der Waals surface area contributed by atoms with Gasteiger partial charge < -0.3 is 15.5 Å². The van der Waals surface area contributed by atoms with E-state index < -0.39 is 0 Å². The highest BCUT2D eigenvalue weighted by Crippen LogP contribution is 2.29. The molecule has 0 spiro atoms. The zero-order chi connectivity index (χ0) is 10.1. The number of nitrogens with two attached hydrogens (primary N) is 1. The Morgan fingerprint density at radius 3 is 3.00 bits per heavy atom. The van der Waals surface area contributed by atoms with Gasteiger partial charge in [-0.1, -0.05) is 0 Å². The second-order valence-corrected chi connectivity index (χ2v) is 3.44. The third-order valence-corrected chi connectivity index (χ3v) is 1.94. The molecule has 0 unspecified atom stereocenters. The second kappa shape index (κ2) is 3.21. The van der Waals surface area contributed by atoms with Gasteiger partial charge in [-0.25, -0.2) is 4.98 Å². The van der Waals surface area contributed by atoms with E-state index in [1.165, 1.54) is 0 Å². The largest absolute Gasteiger partial charge is 0.486 e. The van der Waals surface area contributed by atoms with Crippen molar-refractivity contribution in [1.82, 2.24) is 9.97 Å². The summed E-state index contributed by atoms with van der Waals surface area (Å²) >= 11 is 0. The molecule has 0 bridgehead atoms. The first kappa shape index (κ1) is 8.87. The van der Waals surface area contributed by atoms with Crippen LogP contribution in [0.1, 0.15) is 13.8 Å². The van der Waals surface area contributed by atoms with Crippen molar-refractivity contribution in [3.63, 3.8) is 0 Å². The van der Waals surface area contributed by atoms with Gasteiger partial charge >= 0.3 is 0 Å². The minimum Gasteiger partial charge on any atom is -0.486 e. The molecule has 0 fully saturated rings. The number of nitrogens with zero attached hydrogens (tertiary/aromatic N) is 1. The van der Waals surface area contributed by atoms with Crippen molar-refractivity contribution < 1.29 is 4.74 Å². The van der Waals surface area contributed by atoms with Gasteiger partial charge in [0.05, 0.1) is 17.8 Å². The lowest BCUT2D eigenvalue weighted by atomic mass is 10.3. The Balaban J connectivity index is 2.58. The highest BCUT2D eigenvalue weighted by Gasteiger charge is 2.09. The van der Waals surface area contributed by atoms with Crippen LogP contribution < -0.4 is 10.5 Å². The lowest BCUT2D eigenvalue weighted by Gasteiger charge is -2.12. The molecule has 0 amide bonds. The first-order valence-electron chi connectivity index (χ1n) is 4.56. The average molecular weight is 191 g/mol. The summed E-state index contributed by atoms with van der Waals surface area (Å²) < 4.78 is 5.61. The van der Waals surface area contributed by atoms with Crippen LogP contribution in [0.3, 0.4) is 0 Å². The summed E-state index contributed by atoms with van der Waals surface area (Å²) in [6.45, 7) is 3.93. The minimum atomic E-state index is 0.0969. The predicted octanol–water partition coefficient (Wildman–Crippen LogP) is 1.93. The lowest BCUT2D eigenvalue weighted by molar-refractivity contribution is 0.246. The van der Waals surface area contributed by atoms with Gasteiger partial charge in [0.15, 0.2) is 11.6 Å². The van der Waals surface area contributed by atoms with E-state index in [-0.39, 0.29) is 6.10 Å². The number of fused-ring (bicyclic) bond motifs is 1. The highest BCUT2D eigenvalue weighted by molar-refractivity contribution is 5.88. The Labute approximate surface area is 82.1 Å². The van der Waals surface area contributed by atoms with Crippen LogP contribution in [0.15, 0.2) is 18.5 Å². The van der Waals surface area contributed by atoms with E-state index in [0.717, 1.165) is 10.9 Å². The lowest BCUT2D eigenvalue weighted by Crippen LogP contribution is -2.08. The Morgan fingerprint density at radius 1 is 1.50 bits per heavy atom. The first-order chi connectivity index (χ1) is 6.68. The molecule has 3 N–H and O–H groups in total. The Bertz CT molecular complexity index is 448. The molecule has 0 aliphatic heterocycles. The summed E-state index contributed by atoms with van der Waals surface area (Å²) in [4.78, 5) is 7.12. The summed E-state index contributed by atoms with van der Waals surface area (Å²) in [6, 6.07) is 1.94. The maximum absolute atomic E-state index is 5.74. The number of anilines is 1. The van der Waals surface area contributed by atoms with Crippen molar-refractivity contribution in [2.75, 3.05) is 5.73 Å². The number of ether oxygens (including phenoxy) is 1. The van der Waals surface area contributed by atoms with Gasteiger partial charge in [-0.2, -0.15) is 0 Å². The van der Waals surface area contributed by atoms with E-state index in [4.69, 9.17) is 10.5 Å². The minimum absolute atomic E-state index is 0.0969. The van der Waals surface area contributed by atoms with Crippen molar-refractivity contribution in [3.8, 4) is 5.75 Å². The maximum Gasteiger partial charge on any atom is 0.171 e. The van der Waals surface area contributed by atoms with E-state index in [1.54, 1.807) is 6.20 Å². The van der Waals surface area contributed by atoms with E-state index in [1.807, 2.05) is 26.1 Å². The fourth-order valence-corrected chi connectivity index (χ4v) is 1.38. The van der Waals surface area contributed by atoms with Crippen LogP contribution in [-0.4, -0.2) is 16.1 Å². The van der Waals surface area contributed by atoms with Crippen LogP contribution in [0.25, 0.3) is 10.9 Å². The van der Waals surface area contributed by atoms with Gasteiger partial charge in [0, 0.05) is 11.6 Å². The van der Waals surface area contributed by atoms with Crippen molar-refractivity contribution >= 4 is 16.7 Å². The Hall–Kier alpha value is -1.71. The summed E-state index contributed by atoms with van der Waals surface area (Å²) in [5.41, 5.74) is 6.68. The smallest absolute Gasteiger partial charge is 0.171 e. The zero-order valence-electron chi connectivity index (χ0n) is 8.24. The summed E-state index contributed by atoms with van der Waals surface area (Å²) in [7, 11) is 0. The SMILES string of the molecule is CC(C)Oc1c(N)ncc2[nH]ccc12. The fraction of sp³-hybridized carbons (Fsp3) is 0.300. The monoisotopic (exact) mass is 191 g/mol. The zero-order valence-corrected chi connectivity index (χ0v) is 8.24. The van der Waals surface area contributed by atoms with Crippen LogP contribution in [0.4, 0.5) is 5.82 Å². The summed E-state index contributed by atoms with van der Waals surface area (Å²) in [6.07, 6.45) is 3.65. The van der Waals surface area contributed by atoms with Gasteiger partial charge in [0.25, 0.3) is 0 Å². The molecule has 2 aromatic rings. The van der Waals surface area contributed by atoms with Crippen molar-refractivity contribution in [2.24, 2.45) is 0 Å². The molecule has 0 aromatic carbocycles. The maximum atomic E-state index is 5.74. The van der Waals surface area contributed by atoms with E-state index in [2.05, 4.69) is 9.97 Å². The van der Waals surface area contributed by atoms with Gasteiger partial charge in [0.1, 0.15) is 0 Å². The molecule has 74 valence electrons. The molecular weight excluding hydrogens is 178 g/mol. The molecule has 0 atom stereocenters. The number of H-pyrrole nitrogens is 1. The van der Waals surface area contributed by atoms with Gasteiger partial charge in [0.2, 0.25) is 0 Å². The third kappa shape index (κ3) is 1.39. The van der Waals surface area contributed by atoms with Crippen LogP contribution in [-0.2, 0) is 0 Å². The van der Waals surface area contributed by atoms with Crippen molar-refractivity contribution in [2.45, 2.75) is 20.0 Å². The quantitative estimate of drug-likeness (QED) is 0.762. The Kier molecular flexibility index (Phi) is 2.04. The standard InChI is InChI=1S/C10H13N3O/c1-6(2)14-9-7-3-4-12-8(7)5-13-10(9)11/h3-6,12H,1-2H3,(H2,11,13). The molecule has 2 heterocycles. The molecule has 0 saturated heterocycles. The molecule has 2 rings (SSSR count). The molecule has 4 nitrogen and oxygen atoms in total. The number of hydrogen-bond donors (Lipinski definition) is 2. The number of rotatable bonds is 2. The number of aromatic amines is 1. The van der Waals surface area contributed by atoms with Gasteiger partial charge in [-0.3, -0.25) is 0 Å². The second-order valence-electron chi connectivity index (χ2n) is 3.44. The van der Waals surface area contributed by atoms with Gasteiger partial charge in [-0.15, -0.1) is 0 Å². The van der Waals surface area contributed by atoms with E-state index in [0.29, 0.717) is 11.6 Å². The summed E-state index contributed by atoms with van der Waals surface area (Å²) in [5, 5.41) is 0.978. The molecule has 0 saturated carbocycles. The molecule has 0 aliphatic carbocycles. The molecule has 14 heavy (non-hydrogen) atoms. The summed E-state index contributed by atoms with van der Waals surface area (Å²) in [5.74, 6) is 1.10. The molecule has 0 radical (unpaired) electrons. The fourth-order valence-electron chi connectivity index (χ4n) is 1.38. The topological polar surface area (TPSA) is 63.9 Å². The number of nitrogen functional groups attached to an aromatic ring is 1. The van der Waals surface area contributed by atoms with E-state index in [9.17, 15) is 0 Å². The first-order valence-corrected chi connectivity index (χ1v) is 4.56. The number of nitrogens with one attached hydrogen (secondary N) is 1. The van der Waals surface area contributed by atoms with Crippen LogP contribution in [0.5, 0.6) is 5.75 Å². The number of pyridine rings is 1. The van der Waals surface area contributed by atoms with Crippen LogP contribution in [0.2, 0.25) is 0 Å². The molecule has 0 aliphatic rings. The normalized spacial score (nSPS) is 11.1. The van der Waals surface area contributed by atoms with Crippen molar-refractivity contribution in [1.29, 1.82) is 0 Å². The third-order valence-electron chi connectivity index (χ3n) is 1.94. The van der Waals surface area contributed by atoms with Crippen molar-refractivity contribution in [3.05, 3.63) is 18.5 Å². The van der Waals surface area contributed by atoms with E-state index >= 15 is 0 Å².